The van der Waals surface area contributed by atoms with Gasteiger partial charge in [-0.15, -0.1) is 0 Å². The second kappa shape index (κ2) is 6.62. The van der Waals surface area contributed by atoms with Gasteiger partial charge in [0.2, 0.25) is 10.0 Å². The fourth-order valence-electron chi connectivity index (χ4n) is 2.68. The average Bonchev–Trinajstić information content (AvgIpc) is 3.04. The molecule has 0 spiro atoms. The van der Waals surface area contributed by atoms with Crippen LogP contribution in [0.2, 0.25) is 0 Å². The highest BCUT2D eigenvalue weighted by atomic mass is 32.2. The van der Waals surface area contributed by atoms with E-state index >= 15 is 0 Å². The van der Waals surface area contributed by atoms with Crippen molar-refractivity contribution in [1.29, 1.82) is 0 Å². The monoisotopic (exact) mass is 314 g/mol. The summed E-state index contributed by atoms with van der Waals surface area (Å²) in [4.78, 5) is 12.1. The van der Waals surface area contributed by atoms with Crippen LogP contribution in [0.3, 0.4) is 0 Å². The third-order valence-electron chi connectivity index (χ3n) is 3.80. The van der Waals surface area contributed by atoms with Crippen LogP contribution in [0.1, 0.15) is 49.5 Å². The van der Waals surface area contributed by atoms with Gasteiger partial charge in [0.15, 0.2) is 0 Å². The van der Waals surface area contributed by atoms with E-state index in [4.69, 9.17) is 9.88 Å². The fourth-order valence-corrected chi connectivity index (χ4v) is 3.23. The number of nitrogens with two attached hydrogens (primary N) is 1. The van der Waals surface area contributed by atoms with Crippen LogP contribution in [0, 0.1) is 5.92 Å². The Balaban J connectivity index is 2.12. The molecule has 21 heavy (non-hydrogen) atoms. The number of carbonyl (C=O) groups excluding carboxylic acids is 1. The van der Waals surface area contributed by atoms with Crippen LogP contribution in [-0.4, -0.2) is 25.6 Å². The molecule has 1 fully saturated rings. The Kier molecular flexibility index (Phi) is 5.05. The number of esters is 1. The molecule has 0 saturated heterocycles. The highest BCUT2D eigenvalue weighted by molar-refractivity contribution is 7.89. The summed E-state index contributed by atoms with van der Waals surface area (Å²) in [5.74, 6) is -0.0495. The van der Waals surface area contributed by atoms with E-state index in [2.05, 4.69) is 0 Å². The van der Waals surface area contributed by atoms with Crippen LogP contribution in [0.25, 0.3) is 0 Å². The quantitative estimate of drug-likeness (QED) is 0.812. The molecule has 0 atom stereocenters. The standard InChI is InChI=1S/C14H22N2O4S/c1-2-7-16-9-12(21(15,18)19)8-13(16)14(17)20-10-11-5-3-4-6-11/h8-9,11H,2-7,10H2,1H3,(H2,15,18,19). The zero-order valence-corrected chi connectivity index (χ0v) is 13.1. The van der Waals surface area contributed by atoms with Gasteiger partial charge >= 0.3 is 5.97 Å². The Labute approximate surface area is 125 Å². The van der Waals surface area contributed by atoms with E-state index in [0.717, 1.165) is 19.3 Å². The number of hydrogen-bond donors (Lipinski definition) is 1. The van der Waals surface area contributed by atoms with Crippen LogP contribution in [0.5, 0.6) is 0 Å². The van der Waals surface area contributed by atoms with E-state index in [9.17, 15) is 13.2 Å². The molecule has 1 saturated carbocycles. The minimum Gasteiger partial charge on any atom is -0.461 e. The fraction of sp³-hybridized carbons (Fsp3) is 0.643. The van der Waals surface area contributed by atoms with Gasteiger partial charge in [0.05, 0.1) is 6.61 Å². The predicted octanol–water partition coefficient (Wildman–Crippen LogP) is 1.89. The smallest absolute Gasteiger partial charge is 0.354 e. The molecule has 0 radical (unpaired) electrons. The van der Waals surface area contributed by atoms with E-state index in [-0.39, 0.29) is 10.6 Å². The molecule has 1 heterocycles. The van der Waals surface area contributed by atoms with Crippen molar-refractivity contribution in [3.63, 3.8) is 0 Å². The minimum absolute atomic E-state index is 0.0521. The van der Waals surface area contributed by atoms with Crippen LogP contribution in [0.4, 0.5) is 0 Å². The molecule has 7 heteroatoms. The first-order valence-electron chi connectivity index (χ1n) is 7.32. The zero-order valence-electron chi connectivity index (χ0n) is 12.2. The SMILES string of the molecule is CCCn1cc(S(N)(=O)=O)cc1C(=O)OCC1CCCC1. The lowest BCUT2D eigenvalue weighted by Crippen LogP contribution is -2.15. The molecule has 2 N–H and O–H groups in total. The lowest BCUT2D eigenvalue weighted by molar-refractivity contribution is 0.0430. The third kappa shape index (κ3) is 4.07. The number of ether oxygens (including phenoxy) is 1. The Morgan fingerprint density at radius 1 is 1.43 bits per heavy atom. The molecule has 0 bridgehead atoms. The summed E-state index contributed by atoms with van der Waals surface area (Å²) in [5.41, 5.74) is 0.249. The van der Waals surface area contributed by atoms with Gasteiger partial charge < -0.3 is 9.30 Å². The summed E-state index contributed by atoms with van der Waals surface area (Å²) in [7, 11) is -3.82. The summed E-state index contributed by atoms with van der Waals surface area (Å²) >= 11 is 0. The topological polar surface area (TPSA) is 91.4 Å². The molecular formula is C14H22N2O4S. The van der Waals surface area contributed by atoms with Crippen LogP contribution < -0.4 is 5.14 Å². The summed E-state index contributed by atoms with van der Waals surface area (Å²) in [6, 6.07) is 1.29. The lowest BCUT2D eigenvalue weighted by atomic mass is 10.1. The number of aromatic nitrogens is 1. The predicted molar refractivity (Wildman–Crippen MR) is 78.3 cm³/mol. The first-order valence-corrected chi connectivity index (χ1v) is 8.86. The van der Waals surface area contributed by atoms with Crippen molar-refractivity contribution < 1.29 is 17.9 Å². The number of sulfonamides is 1. The second-order valence-electron chi connectivity index (χ2n) is 5.55. The average molecular weight is 314 g/mol. The molecule has 1 aromatic rings. The first-order chi connectivity index (χ1) is 9.91. The van der Waals surface area contributed by atoms with Gasteiger partial charge in [-0.2, -0.15) is 0 Å². The van der Waals surface area contributed by atoms with Crippen molar-refractivity contribution in [3.8, 4) is 0 Å². The molecule has 118 valence electrons. The maximum Gasteiger partial charge on any atom is 0.354 e. The first kappa shape index (κ1) is 16.0. The Bertz CT molecular complexity index is 600. The maximum absolute atomic E-state index is 12.2. The van der Waals surface area contributed by atoms with Crippen molar-refractivity contribution in [1.82, 2.24) is 4.57 Å². The van der Waals surface area contributed by atoms with Crippen molar-refractivity contribution in [2.24, 2.45) is 11.1 Å². The summed E-state index contributed by atoms with van der Waals surface area (Å²) in [5, 5.41) is 5.12. The van der Waals surface area contributed by atoms with Gasteiger partial charge in [-0.25, -0.2) is 18.4 Å². The minimum atomic E-state index is -3.82. The zero-order chi connectivity index (χ0) is 15.5. The van der Waals surface area contributed by atoms with Gasteiger partial charge in [0.1, 0.15) is 10.6 Å². The molecule has 0 aliphatic heterocycles. The molecule has 1 aromatic heterocycles. The number of primary sulfonamides is 1. The third-order valence-corrected chi connectivity index (χ3v) is 4.68. The molecular weight excluding hydrogens is 292 g/mol. The summed E-state index contributed by atoms with van der Waals surface area (Å²) in [6.07, 6.45) is 6.72. The Morgan fingerprint density at radius 2 is 2.10 bits per heavy atom. The number of nitrogens with zero attached hydrogens (tertiary/aromatic N) is 1. The van der Waals surface area contributed by atoms with E-state index in [1.807, 2.05) is 6.92 Å². The van der Waals surface area contributed by atoms with Crippen molar-refractivity contribution >= 4 is 16.0 Å². The number of hydrogen-bond acceptors (Lipinski definition) is 4. The van der Waals surface area contributed by atoms with E-state index < -0.39 is 16.0 Å². The largest absolute Gasteiger partial charge is 0.461 e. The number of carbonyl (C=O) groups is 1. The summed E-state index contributed by atoms with van der Waals surface area (Å²) in [6.45, 7) is 2.90. The van der Waals surface area contributed by atoms with E-state index in [1.165, 1.54) is 25.1 Å². The van der Waals surface area contributed by atoms with Gasteiger partial charge in [0, 0.05) is 12.7 Å². The number of aryl methyl sites for hydroxylation is 1. The molecule has 0 unspecified atom stereocenters. The van der Waals surface area contributed by atoms with E-state index in [0.29, 0.717) is 19.1 Å². The molecule has 1 aliphatic carbocycles. The Hall–Kier alpha value is -1.34. The van der Waals surface area contributed by atoms with Crippen molar-refractivity contribution in [3.05, 3.63) is 18.0 Å². The molecule has 6 nitrogen and oxygen atoms in total. The summed E-state index contributed by atoms with van der Waals surface area (Å²) < 4.78 is 29.7. The lowest BCUT2D eigenvalue weighted by Gasteiger charge is -2.11. The van der Waals surface area contributed by atoms with Crippen molar-refractivity contribution in [2.45, 2.75) is 50.5 Å². The van der Waals surface area contributed by atoms with Gasteiger partial charge in [-0.05, 0) is 31.2 Å². The normalized spacial score (nSPS) is 16.3. The highest BCUT2D eigenvalue weighted by Crippen LogP contribution is 2.25. The highest BCUT2D eigenvalue weighted by Gasteiger charge is 2.22. The Morgan fingerprint density at radius 3 is 2.67 bits per heavy atom. The van der Waals surface area contributed by atoms with Gasteiger partial charge in [0.25, 0.3) is 0 Å². The van der Waals surface area contributed by atoms with Crippen LogP contribution in [0.15, 0.2) is 17.2 Å². The van der Waals surface area contributed by atoms with Crippen LogP contribution in [-0.2, 0) is 21.3 Å². The molecule has 2 rings (SSSR count). The van der Waals surface area contributed by atoms with Gasteiger partial charge in [-0.3, -0.25) is 0 Å². The molecule has 1 aliphatic rings. The second-order valence-corrected chi connectivity index (χ2v) is 7.11. The molecule has 0 amide bonds. The maximum atomic E-state index is 12.2. The van der Waals surface area contributed by atoms with Gasteiger partial charge in [-0.1, -0.05) is 19.8 Å². The van der Waals surface area contributed by atoms with E-state index in [1.54, 1.807) is 4.57 Å². The molecule has 0 aromatic carbocycles. The van der Waals surface area contributed by atoms with Crippen molar-refractivity contribution in [2.75, 3.05) is 6.61 Å². The number of rotatable bonds is 6. The van der Waals surface area contributed by atoms with Crippen LogP contribution >= 0.6 is 0 Å².